The summed E-state index contributed by atoms with van der Waals surface area (Å²) >= 11 is 0. The minimum Gasteiger partial charge on any atom is -0.481 e. The smallest absolute Gasteiger partial charge is 0.303 e. The minimum atomic E-state index is -3.49. The van der Waals surface area contributed by atoms with Gasteiger partial charge in [0.25, 0.3) is 10.2 Å². The Kier molecular flexibility index (Phi) is 6.22. The highest BCUT2D eigenvalue weighted by Crippen LogP contribution is 2.23. The number of carboxylic acids is 1. The van der Waals surface area contributed by atoms with Gasteiger partial charge in [-0.1, -0.05) is 20.3 Å². The van der Waals surface area contributed by atoms with Crippen molar-refractivity contribution in [3.05, 3.63) is 0 Å². The number of hydrogen-bond donors (Lipinski definition) is 2. The summed E-state index contributed by atoms with van der Waals surface area (Å²) in [6, 6.07) is -0.186. The highest BCUT2D eigenvalue weighted by atomic mass is 32.2. The Morgan fingerprint density at radius 2 is 2.11 bits per heavy atom. The highest BCUT2D eigenvalue weighted by Gasteiger charge is 2.32. The molecule has 2 N–H and O–H groups in total. The second kappa shape index (κ2) is 7.21. The number of nitrogens with zero attached hydrogens (tertiary/aromatic N) is 1. The Hall–Kier alpha value is -0.660. The first-order chi connectivity index (χ1) is 8.83. The molecule has 0 bridgehead atoms. The molecule has 112 valence electrons. The van der Waals surface area contributed by atoms with Crippen LogP contribution in [0.15, 0.2) is 0 Å². The van der Waals surface area contributed by atoms with Crippen LogP contribution in [0.3, 0.4) is 0 Å². The third-order valence-corrected chi connectivity index (χ3v) is 4.88. The lowest BCUT2D eigenvalue weighted by atomic mass is 10.0. The third-order valence-electron chi connectivity index (χ3n) is 3.25. The lowest BCUT2D eigenvalue weighted by Gasteiger charge is -2.34. The van der Waals surface area contributed by atoms with Gasteiger partial charge in [-0.15, -0.1) is 0 Å². The largest absolute Gasteiger partial charge is 0.481 e. The van der Waals surface area contributed by atoms with Gasteiger partial charge in [0.2, 0.25) is 0 Å². The summed E-state index contributed by atoms with van der Waals surface area (Å²) in [7, 11) is -3.49. The fourth-order valence-corrected chi connectivity index (χ4v) is 3.91. The lowest BCUT2D eigenvalue weighted by molar-refractivity contribution is -0.137. The van der Waals surface area contributed by atoms with E-state index in [2.05, 4.69) is 4.72 Å². The maximum Gasteiger partial charge on any atom is 0.303 e. The van der Waals surface area contributed by atoms with Crippen LogP contribution in [0.25, 0.3) is 0 Å². The summed E-state index contributed by atoms with van der Waals surface area (Å²) in [5, 5.41) is 8.73. The van der Waals surface area contributed by atoms with Crippen molar-refractivity contribution in [2.75, 3.05) is 13.1 Å². The molecule has 1 atom stereocenters. The van der Waals surface area contributed by atoms with Crippen LogP contribution in [-0.4, -0.2) is 42.9 Å². The number of nitrogens with one attached hydrogen (secondary N) is 1. The van der Waals surface area contributed by atoms with E-state index in [1.54, 1.807) is 0 Å². The topological polar surface area (TPSA) is 86.7 Å². The first-order valence-corrected chi connectivity index (χ1v) is 8.25. The molecule has 0 aliphatic carbocycles. The fourth-order valence-electron chi connectivity index (χ4n) is 2.22. The van der Waals surface area contributed by atoms with E-state index < -0.39 is 16.2 Å². The van der Waals surface area contributed by atoms with E-state index in [9.17, 15) is 13.2 Å². The van der Waals surface area contributed by atoms with Crippen molar-refractivity contribution in [1.29, 1.82) is 0 Å². The fraction of sp³-hybridized carbons (Fsp3) is 0.917. The first kappa shape index (κ1) is 16.4. The van der Waals surface area contributed by atoms with Crippen LogP contribution in [0, 0.1) is 5.92 Å². The van der Waals surface area contributed by atoms with Gasteiger partial charge in [0.15, 0.2) is 0 Å². The number of piperidine rings is 1. The van der Waals surface area contributed by atoms with Crippen molar-refractivity contribution in [2.45, 2.75) is 52.0 Å². The zero-order valence-corrected chi connectivity index (χ0v) is 12.4. The number of carbonyl (C=O) groups is 1. The number of rotatable bonds is 7. The molecule has 0 amide bonds. The van der Waals surface area contributed by atoms with Gasteiger partial charge in [-0.25, -0.2) is 4.72 Å². The molecular weight excluding hydrogens is 268 g/mol. The van der Waals surface area contributed by atoms with E-state index in [0.717, 1.165) is 19.3 Å². The summed E-state index contributed by atoms with van der Waals surface area (Å²) in [5.41, 5.74) is 0. The van der Waals surface area contributed by atoms with E-state index in [4.69, 9.17) is 5.11 Å². The molecule has 0 saturated carbocycles. The molecule has 0 aromatic rings. The van der Waals surface area contributed by atoms with Crippen molar-refractivity contribution in [3.63, 3.8) is 0 Å². The van der Waals surface area contributed by atoms with Gasteiger partial charge < -0.3 is 5.11 Å². The SMILES string of the molecule is CC(C)CNS(=O)(=O)N1CCCCC1CCC(=O)O. The summed E-state index contributed by atoms with van der Waals surface area (Å²) in [6.45, 7) is 4.78. The average Bonchev–Trinajstić information content (AvgIpc) is 2.34. The number of carboxylic acid groups (broad SMARTS) is 1. The molecule has 0 radical (unpaired) electrons. The van der Waals surface area contributed by atoms with Gasteiger partial charge in [-0.2, -0.15) is 12.7 Å². The van der Waals surface area contributed by atoms with Crippen LogP contribution in [0.1, 0.15) is 46.0 Å². The quantitative estimate of drug-likeness (QED) is 0.738. The molecule has 6 nitrogen and oxygen atoms in total. The van der Waals surface area contributed by atoms with E-state index in [-0.39, 0.29) is 18.4 Å². The second-order valence-corrected chi connectivity index (χ2v) is 7.15. The molecule has 1 rings (SSSR count). The molecule has 1 aliphatic rings. The van der Waals surface area contributed by atoms with Gasteiger partial charge in [0.05, 0.1) is 0 Å². The maximum absolute atomic E-state index is 12.2. The van der Waals surface area contributed by atoms with E-state index in [0.29, 0.717) is 19.5 Å². The van der Waals surface area contributed by atoms with Crippen molar-refractivity contribution in [3.8, 4) is 0 Å². The van der Waals surface area contributed by atoms with Crippen LogP contribution < -0.4 is 4.72 Å². The standard InChI is InChI=1S/C12H24N2O4S/c1-10(2)9-13-19(17,18)14-8-4-3-5-11(14)6-7-12(15)16/h10-11,13H,3-9H2,1-2H3,(H,15,16). The van der Waals surface area contributed by atoms with E-state index in [1.165, 1.54) is 4.31 Å². The molecule has 0 spiro atoms. The Balaban J connectivity index is 2.66. The van der Waals surface area contributed by atoms with E-state index in [1.807, 2.05) is 13.8 Å². The molecule has 0 aromatic heterocycles. The normalized spacial score (nSPS) is 21.7. The summed E-state index contributed by atoms with van der Waals surface area (Å²) in [5.74, 6) is -0.630. The minimum absolute atomic E-state index is 0.0147. The van der Waals surface area contributed by atoms with Crippen LogP contribution in [0.5, 0.6) is 0 Å². The van der Waals surface area contributed by atoms with Crippen molar-refractivity contribution >= 4 is 16.2 Å². The van der Waals surface area contributed by atoms with Crippen molar-refractivity contribution < 1.29 is 18.3 Å². The van der Waals surface area contributed by atoms with E-state index >= 15 is 0 Å². The van der Waals surface area contributed by atoms with Crippen LogP contribution in [0.2, 0.25) is 0 Å². The molecule has 1 unspecified atom stereocenters. The van der Waals surface area contributed by atoms with Crippen LogP contribution in [-0.2, 0) is 15.0 Å². The molecule has 19 heavy (non-hydrogen) atoms. The molecule has 1 fully saturated rings. The zero-order chi connectivity index (χ0) is 14.5. The van der Waals surface area contributed by atoms with Crippen molar-refractivity contribution in [2.24, 2.45) is 5.92 Å². The molecule has 1 saturated heterocycles. The molecule has 1 heterocycles. The van der Waals surface area contributed by atoms with Gasteiger partial charge in [0.1, 0.15) is 0 Å². The maximum atomic E-state index is 12.2. The second-order valence-electron chi connectivity index (χ2n) is 5.44. The van der Waals surface area contributed by atoms with Gasteiger partial charge in [0, 0.05) is 25.6 Å². The van der Waals surface area contributed by atoms with Gasteiger partial charge in [-0.3, -0.25) is 4.79 Å². The Morgan fingerprint density at radius 1 is 1.42 bits per heavy atom. The summed E-state index contributed by atoms with van der Waals surface area (Å²) in [4.78, 5) is 10.6. The highest BCUT2D eigenvalue weighted by molar-refractivity contribution is 7.87. The lowest BCUT2D eigenvalue weighted by Crippen LogP contribution is -2.49. The summed E-state index contributed by atoms with van der Waals surface area (Å²) in [6.07, 6.45) is 2.95. The number of hydrogen-bond acceptors (Lipinski definition) is 3. The predicted octanol–water partition coefficient (Wildman–Crippen LogP) is 1.20. The third kappa shape index (κ3) is 5.46. The van der Waals surface area contributed by atoms with Crippen LogP contribution in [0.4, 0.5) is 0 Å². The van der Waals surface area contributed by atoms with Crippen molar-refractivity contribution in [1.82, 2.24) is 9.03 Å². The predicted molar refractivity (Wildman–Crippen MR) is 73.0 cm³/mol. The van der Waals surface area contributed by atoms with Gasteiger partial charge in [-0.05, 0) is 25.2 Å². The Bertz CT molecular complexity index is 395. The van der Waals surface area contributed by atoms with Gasteiger partial charge >= 0.3 is 5.97 Å². The Morgan fingerprint density at radius 3 is 2.68 bits per heavy atom. The zero-order valence-electron chi connectivity index (χ0n) is 11.6. The number of aliphatic carboxylic acids is 1. The molecule has 1 aliphatic heterocycles. The molecule has 7 heteroatoms. The summed E-state index contributed by atoms with van der Waals surface area (Å²) < 4.78 is 28.5. The monoisotopic (exact) mass is 292 g/mol. The first-order valence-electron chi connectivity index (χ1n) is 6.81. The van der Waals surface area contributed by atoms with Crippen LogP contribution >= 0.6 is 0 Å². The molecular formula is C12H24N2O4S. The molecule has 0 aromatic carbocycles. The Labute approximate surface area is 115 Å². The average molecular weight is 292 g/mol.